The van der Waals surface area contributed by atoms with Gasteiger partial charge in [-0.15, -0.1) is 0 Å². The van der Waals surface area contributed by atoms with Gasteiger partial charge in [0.1, 0.15) is 5.82 Å². The van der Waals surface area contributed by atoms with Crippen LogP contribution < -0.4 is 10.6 Å². The minimum Gasteiger partial charge on any atom is -0.357 e. The van der Waals surface area contributed by atoms with E-state index >= 15 is 0 Å². The molecule has 0 atom stereocenters. The van der Waals surface area contributed by atoms with E-state index in [4.69, 9.17) is 0 Å². The van der Waals surface area contributed by atoms with Crippen molar-refractivity contribution in [3.8, 4) is 0 Å². The van der Waals surface area contributed by atoms with Crippen LogP contribution in [0.4, 0.5) is 4.39 Å². The van der Waals surface area contributed by atoms with Gasteiger partial charge in [-0.05, 0) is 38.5 Å². The van der Waals surface area contributed by atoms with Crippen molar-refractivity contribution in [3.05, 3.63) is 35.6 Å². The molecule has 1 amide bonds. The first kappa shape index (κ1) is 18.9. The van der Waals surface area contributed by atoms with Crippen molar-refractivity contribution < 1.29 is 9.18 Å². The SMILES string of the molecule is CCNC(=NCCC(=O)NC(C)C)N(C)Cc1ccc(F)cc1. The van der Waals surface area contributed by atoms with Crippen molar-refractivity contribution in [1.82, 2.24) is 15.5 Å². The van der Waals surface area contributed by atoms with Crippen molar-refractivity contribution in [2.45, 2.75) is 39.8 Å². The zero-order chi connectivity index (χ0) is 17.2. The third kappa shape index (κ3) is 7.63. The Labute approximate surface area is 138 Å². The van der Waals surface area contributed by atoms with Crippen LogP contribution in [0.1, 0.15) is 32.8 Å². The van der Waals surface area contributed by atoms with Gasteiger partial charge in [0, 0.05) is 32.6 Å². The van der Waals surface area contributed by atoms with E-state index in [1.807, 2.05) is 32.7 Å². The van der Waals surface area contributed by atoms with Gasteiger partial charge >= 0.3 is 0 Å². The lowest BCUT2D eigenvalue weighted by Crippen LogP contribution is -2.39. The topological polar surface area (TPSA) is 56.7 Å². The summed E-state index contributed by atoms with van der Waals surface area (Å²) in [4.78, 5) is 18.1. The highest BCUT2D eigenvalue weighted by atomic mass is 19.1. The first-order chi connectivity index (χ1) is 10.9. The summed E-state index contributed by atoms with van der Waals surface area (Å²) in [5.74, 6) is 0.489. The van der Waals surface area contributed by atoms with Crippen LogP contribution in [-0.2, 0) is 11.3 Å². The van der Waals surface area contributed by atoms with E-state index in [0.29, 0.717) is 19.5 Å². The molecule has 2 N–H and O–H groups in total. The lowest BCUT2D eigenvalue weighted by atomic mass is 10.2. The molecular formula is C17H27FN4O. The molecule has 0 aliphatic carbocycles. The van der Waals surface area contributed by atoms with E-state index in [9.17, 15) is 9.18 Å². The summed E-state index contributed by atoms with van der Waals surface area (Å²) in [5.41, 5.74) is 0.997. The highest BCUT2D eigenvalue weighted by molar-refractivity contribution is 5.80. The molecule has 0 spiro atoms. The van der Waals surface area contributed by atoms with Crippen molar-refractivity contribution in [1.29, 1.82) is 0 Å². The molecule has 0 fully saturated rings. The molecule has 23 heavy (non-hydrogen) atoms. The Morgan fingerprint density at radius 2 is 1.96 bits per heavy atom. The predicted octanol–water partition coefficient (Wildman–Crippen LogP) is 2.14. The zero-order valence-corrected chi connectivity index (χ0v) is 14.4. The molecule has 5 nitrogen and oxygen atoms in total. The van der Waals surface area contributed by atoms with E-state index in [0.717, 1.165) is 18.1 Å². The number of benzene rings is 1. The van der Waals surface area contributed by atoms with E-state index in [1.54, 1.807) is 12.1 Å². The third-order valence-electron chi connectivity index (χ3n) is 3.08. The van der Waals surface area contributed by atoms with Crippen LogP contribution in [0.25, 0.3) is 0 Å². The van der Waals surface area contributed by atoms with Gasteiger partial charge in [0.25, 0.3) is 0 Å². The van der Waals surface area contributed by atoms with E-state index in [1.165, 1.54) is 12.1 Å². The summed E-state index contributed by atoms with van der Waals surface area (Å²) in [7, 11) is 1.92. The zero-order valence-electron chi connectivity index (χ0n) is 14.4. The number of rotatable bonds is 7. The maximum absolute atomic E-state index is 12.9. The standard InChI is InChI=1S/C17H27FN4O/c1-5-19-17(20-11-10-16(23)21-13(2)3)22(4)12-14-6-8-15(18)9-7-14/h6-9,13H,5,10-12H2,1-4H3,(H,19,20)(H,21,23). The number of amides is 1. The van der Waals surface area contributed by atoms with Crippen molar-refractivity contribution in [2.24, 2.45) is 4.99 Å². The average Bonchev–Trinajstić information content (AvgIpc) is 2.48. The number of halogens is 1. The predicted molar refractivity (Wildman–Crippen MR) is 91.7 cm³/mol. The van der Waals surface area contributed by atoms with E-state index < -0.39 is 0 Å². The number of nitrogens with one attached hydrogen (secondary N) is 2. The second-order valence-corrected chi connectivity index (χ2v) is 5.69. The highest BCUT2D eigenvalue weighted by Gasteiger charge is 2.08. The molecule has 0 unspecified atom stereocenters. The maximum Gasteiger partial charge on any atom is 0.222 e. The second kappa shape index (κ2) is 9.82. The fourth-order valence-corrected chi connectivity index (χ4v) is 2.07. The molecule has 0 aromatic heterocycles. The van der Waals surface area contributed by atoms with Crippen LogP contribution >= 0.6 is 0 Å². The van der Waals surface area contributed by atoms with Gasteiger partial charge < -0.3 is 15.5 Å². The molecule has 0 heterocycles. The van der Waals surface area contributed by atoms with Crippen LogP contribution in [0, 0.1) is 5.82 Å². The van der Waals surface area contributed by atoms with Gasteiger partial charge in [-0.3, -0.25) is 9.79 Å². The number of hydrogen-bond donors (Lipinski definition) is 2. The fraction of sp³-hybridized carbons (Fsp3) is 0.529. The Kier molecular flexibility index (Phi) is 8.08. The molecule has 0 radical (unpaired) electrons. The van der Waals surface area contributed by atoms with Gasteiger partial charge in [-0.25, -0.2) is 4.39 Å². The summed E-state index contributed by atoms with van der Waals surface area (Å²) in [6.45, 7) is 7.64. The molecule has 1 aromatic carbocycles. The van der Waals surface area contributed by atoms with Gasteiger partial charge in [0.2, 0.25) is 5.91 Å². The molecule has 0 aliphatic rings. The van der Waals surface area contributed by atoms with Crippen LogP contribution in [0.5, 0.6) is 0 Å². The Bertz CT molecular complexity index is 514. The highest BCUT2D eigenvalue weighted by Crippen LogP contribution is 2.05. The van der Waals surface area contributed by atoms with E-state index in [2.05, 4.69) is 15.6 Å². The summed E-state index contributed by atoms with van der Waals surface area (Å²) in [6.07, 6.45) is 0.359. The summed E-state index contributed by atoms with van der Waals surface area (Å²) in [6, 6.07) is 6.55. The van der Waals surface area contributed by atoms with Gasteiger partial charge in [-0.2, -0.15) is 0 Å². The number of aliphatic imine (C=N–C) groups is 1. The first-order valence-electron chi connectivity index (χ1n) is 7.95. The average molecular weight is 322 g/mol. The quantitative estimate of drug-likeness (QED) is 0.597. The normalized spacial score (nSPS) is 11.5. The molecule has 6 heteroatoms. The lowest BCUT2D eigenvalue weighted by molar-refractivity contribution is -0.121. The van der Waals surface area contributed by atoms with Gasteiger partial charge in [-0.1, -0.05) is 12.1 Å². The molecule has 128 valence electrons. The molecule has 0 saturated heterocycles. The number of carbonyl (C=O) groups is 1. The Balaban J connectivity index is 2.59. The van der Waals surface area contributed by atoms with Crippen molar-refractivity contribution in [2.75, 3.05) is 20.1 Å². The van der Waals surface area contributed by atoms with Gasteiger partial charge in [0.05, 0.1) is 6.54 Å². The largest absolute Gasteiger partial charge is 0.357 e. The first-order valence-corrected chi connectivity index (χ1v) is 7.95. The third-order valence-corrected chi connectivity index (χ3v) is 3.08. The van der Waals surface area contributed by atoms with Crippen LogP contribution in [0.3, 0.4) is 0 Å². The summed E-state index contributed by atoms with van der Waals surface area (Å²) in [5, 5.41) is 6.04. The molecule has 0 bridgehead atoms. The smallest absolute Gasteiger partial charge is 0.222 e. The summed E-state index contributed by atoms with van der Waals surface area (Å²) >= 11 is 0. The number of carbonyl (C=O) groups excluding carboxylic acids is 1. The molecule has 1 aromatic rings. The minimum atomic E-state index is -0.242. The molecule has 0 saturated carbocycles. The Hall–Kier alpha value is -2.11. The maximum atomic E-state index is 12.9. The monoisotopic (exact) mass is 322 g/mol. The number of guanidine groups is 1. The van der Waals surface area contributed by atoms with Crippen LogP contribution in [0.15, 0.2) is 29.3 Å². The Morgan fingerprint density at radius 3 is 2.52 bits per heavy atom. The molecule has 1 rings (SSSR count). The van der Waals surface area contributed by atoms with Crippen LogP contribution in [-0.4, -0.2) is 42.9 Å². The number of hydrogen-bond acceptors (Lipinski definition) is 2. The van der Waals surface area contributed by atoms with Crippen LogP contribution in [0.2, 0.25) is 0 Å². The second-order valence-electron chi connectivity index (χ2n) is 5.69. The van der Waals surface area contributed by atoms with Crippen molar-refractivity contribution in [3.63, 3.8) is 0 Å². The van der Waals surface area contributed by atoms with E-state index in [-0.39, 0.29) is 17.8 Å². The molecule has 0 aliphatic heterocycles. The molecular weight excluding hydrogens is 295 g/mol. The lowest BCUT2D eigenvalue weighted by Gasteiger charge is -2.22. The van der Waals surface area contributed by atoms with Crippen molar-refractivity contribution >= 4 is 11.9 Å². The fourth-order valence-electron chi connectivity index (χ4n) is 2.07. The number of nitrogens with zero attached hydrogens (tertiary/aromatic N) is 2. The summed E-state index contributed by atoms with van der Waals surface area (Å²) < 4.78 is 12.9. The Morgan fingerprint density at radius 1 is 1.30 bits per heavy atom. The minimum absolute atomic E-state index is 0.000728. The van der Waals surface area contributed by atoms with Gasteiger partial charge in [0.15, 0.2) is 5.96 Å².